The van der Waals surface area contributed by atoms with E-state index in [2.05, 4.69) is 15.4 Å². The number of halogens is 2. The summed E-state index contributed by atoms with van der Waals surface area (Å²) in [5.41, 5.74) is 5.03. The molecule has 1 aliphatic rings. The van der Waals surface area contributed by atoms with Gasteiger partial charge in [-0.3, -0.25) is 4.79 Å². The molecule has 1 aliphatic heterocycles. The van der Waals surface area contributed by atoms with Crippen molar-refractivity contribution in [2.75, 3.05) is 11.9 Å². The molecule has 1 atom stereocenters. The molecular formula is C12H11F2N5O. The summed E-state index contributed by atoms with van der Waals surface area (Å²) in [6.45, 7) is 0.468. The molecule has 0 saturated carbocycles. The maximum atomic E-state index is 13.9. The van der Waals surface area contributed by atoms with Gasteiger partial charge in [0.1, 0.15) is 11.6 Å². The minimum Gasteiger partial charge on any atom is -0.363 e. The standard InChI is InChI=1S/C12H11F2N5O/c13-6-2-1-3-7(14)9(6)8-4-5-16-12-17-11(10(15)20)18-19(8)12/h1-3,8H,4-5H2,(H2,15,20)(H,16,17,18). The van der Waals surface area contributed by atoms with E-state index in [1.807, 2.05) is 0 Å². The van der Waals surface area contributed by atoms with Crippen LogP contribution in [0.1, 0.15) is 28.6 Å². The third kappa shape index (κ3) is 1.89. The summed E-state index contributed by atoms with van der Waals surface area (Å²) in [6.07, 6.45) is 0.423. The van der Waals surface area contributed by atoms with Crippen molar-refractivity contribution in [2.24, 2.45) is 5.73 Å². The van der Waals surface area contributed by atoms with Gasteiger partial charge in [0.05, 0.1) is 6.04 Å². The number of amides is 1. The van der Waals surface area contributed by atoms with Gasteiger partial charge in [-0.05, 0) is 18.6 Å². The zero-order valence-electron chi connectivity index (χ0n) is 10.3. The van der Waals surface area contributed by atoms with E-state index in [1.165, 1.54) is 22.9 Å². The fraction of sp³-hybridized carbons (Fsp3) is 0.250. The summed E-state index contributed by atoms with van der Waals surface area (Å²) >= 11 is 0. The predicted molar refractivity (Wildman–Crippen MR) is 66.1 cm³/mol. The Morgan fingerprint density at radius 1 is 1.40 bits per heavy atom. The highest BCUT2D eigenvalue weighted by molar-refractivity contribution is 5.89. The molecule has 1 aromatic heterocycles. The molecule has 8 heteroatoms. The Labute approximate surface area is 112 Å². The number of fused-ring (bicyclic) bond motifs is 1. The number of anilines is 1. The largest absolute Gasteiger partial charge is 0.363 e. The molecular weight excluding hydrogens is 268 g/mol. The summed E-state index contributed by atoms with van der Waals surface area (Å²) < 4.78 is 29.1. The number of hydrogen-bond donors (Lipinski definition) is 2. The first-order valence-corrected chi connectivity index (χ1v) is 6.02. The van der Waals surface area contributed by atoms with Gasteiger partial charge < -0.3 is 11.1 Å². The van der Waals surface area contributed by atoms with Crippen LogP contribution in [0.15, 0.2) is 18.2 Å². The number of carbonyl (C=O) groups excluding carboxylic acids is 1. The van der Waals surface area contributed by atoms with Gasteiger partial charge in [-0.2, -0.15) is 4.98 Å². The third-order valence-electron chi connectivity index (χ3n) is 3.18. The van der Waals surface area contributed by atoms with Crippen molar-refractivity contribution in [1.29, 1.82) is 0 Å². The van der Waals surface area contributed by atoms with Crippen LogP contribution in [0.5, 0.6) is 0 Å². The molecule has 104 valence electrons. The van der Waals surface area contributed by atoms with Crippen molar-refractivity contribution in [3.05, 3.63) is 41.2 Å². The average molecular weight is 279 g/mol. The maximum Gasteiger partial charge on any atom is 0.288 e. The molecule has 0 bridgehead atoms. The van der Waals surface area contributed by atoms with Crippen LogP contribution in [0, 0.1) is 11.6 Å². The smallest absolute Gasteiger partial charge is 0.288 e. The lowest BCUT2D eigenvalue weighted by atomic mass is 10.0. The van der Waals surface area contributed by atoms with Crippen molar-refractivity contribution in [1.82, 2.24) is 14.8 Å². The fourth-order valence-electron chi connectivity index (χ4n) is 2.30. The number of aromatic nitrogens is 3. The summed E-state index contributed by atoms with van der Waals surface area (Å²) in [7, 11) is 0. The second-order valence-electron chi connectivity index (χ2n) is 4.43. The number of rotatable bonds is 2. The molecule has 20 heavy (non-hydrogen) atoms. The van der Waals surface area contributed by atoms with E-state index in [4.69, 9.17) is 5.73 Å². The van der Waals surface area contributed by atoms with E-state index in [1.54, 1.807) is 0 Å². The van der Waals surface area contributed by atoms with Crippen molar-refractivity contribution >= 4 is 11.9 Å². The summed E-state index contributed by atoms with van der Waals surface area (Å²) in [5.74, 6) is -2.01. The van der Waals surface area contributed by atoms with Gasteiger partial charge in [0.2, 0.25) is 11.8 Å². The van der Waals surface area contributed by atoms with E-state index in [0.29, 0.717) is 13.0 Å². The normalized spacial score (nSPS) is 17.4. The molecule has 0 aliphatic carbocycles. The number of nitrogens with zero attached hydrogens (tertiary/aromatic N) is 3. The molecule has 3 N–H and O–H groups in total. The highest BCUT2D eigenvalue weighted by atomic mass is 19.1. The Balaban J connectivity index is 2.12. The van der Waals surface area contributed by atoms with Crippen LogP contribution in [-0.4, -0.2) is 27.2 Å². The van der Waals surface area contributed by atoms with Gasteiger partial charge in [0, 0.05) is 12.1 Å². The van der Waals surface area contributed by atoms with Gasteiger partial charge in [0.15, 0.2) is 0 Å². The van der Waals surface area contributed by atoms with E-state index < -0.39 is 23.6 Å². The lowest BCUT2D eigenvalue weighted by molar-refractivity contribution is 0.0990. The second-order valence-corrected chi connectivity index (χ2v) is 4.43. The van der Waals surface area contributed by atoms with Crippen LogP contribution in [0.25, 0.3) is 0 Å². The molecule has 0 saturated heterocycles. The molecule has 1 aromatic carbocycles. The topological polar surface area (TPSA) is 85.8 Å². The lowest BCUT2D eigenvalue weighted by Crippen LogP contribution is -2.26. The number of benzene rings is 1. The van der Waals surface area contributed by atoms with Crippen LogP contribution in [0.3, 0.4) is 0 Å². The van der Waals surface area contributed by atoms with E-state index in [9.17, 15) is 13.6 Å². The third-order valence-corrected chi connectivity index (χ3v) is 3.18. The predicted octanol–water partition coefficient (Wildman–Crippen LogP) is 1.06. The molecule has 1 unspecified atom stereocenters. The number of hydrogen-bond acceptors (Lipinski definition) is 4. The van der Waals surface area contributed by atoms with Crippen LogP contribution < -0.4 is 11.1 Å². The van der Waals surface area contributed by atoms with Crippen molar-refractivity contribution in [3.63, 3.8) is 0 Å². The van der Waals surface area contributed by atoms with Gasteiger partial charge in [-0.1, -0.05) is 6.07 Å². The first-order valence-electron chi connectivity index (χ1n) is 6.02. The zero-order valence-corrected chi connectivity index (χ0v) is 10.3. The van der Waals surface area contributed by atoms with Crippen LogP contribution in [-0.2, 0) is 0 Å². The maximum absolute atomic E-state index is 13.9. The van der Waals surface area contributed by atoms with Crippen molar-refractivity contribution in [3.8, 4) is 0 Å². The number of nitrogens with one attached hydrogen (secondary N) is 1. The molecule has 3 rings (SSSR count). The Morgan fingerprint density at radius 2 is 2.10 bits per heavy atom. The molecule has 1 amide bonds. The second kappa shape index (κ2) is 4.55. The number of primary amides is 1. The van der Waals surface area contributed by atoms with Gasteiger partial charge in [-0.15, -0.1) is 5.10 Å². The molecule has 0 radical (unpaired) electrons. The van der Waals surface area contributed by atoms with Crippen LogP contribution in [0.4, 0.5) is 14.7 Å². The molecule has 2 aromatic rings. The Hall–Kier alpha value is -2.51. The minimum atomic E-state index is -0.790. The van der Waals surface area contributed by atoms with Crippen LogP contribution in [0.2, 0.25) is 0 Å². The Kier molecular flexibility index (Phi) is 2.85. The molecule has 2 heterocycles. The van der Waals surface area contributed by atoms with Crippen molar-refractivity contribution < 1.29 is 13.6 Å². The Morgan fingerprint density at radius 3 is 2.75 bits per heavy atom. The quantitative estimate of drug-likeness (QED) is 0.860. The molecule has 6 nitrogen and oxygen atoms in total. The number of carbonyl (C=O) groups is 1. The van der Waals surface area contributed by atoms with E-state index >= 15 is 0 Å². The monoisotopic (exact) mass is 279 g/mol. The van der Waals surface area contributed by atoms with Crippen LogP contribution >= 0.6 is 0 Å². The SMILES string of the molecule is NC(=O)c1nc2n(n1)C(c1c(F)cccc1F)CCN2. The first kappa shape index (κ1) is 12.5. The zero-order chi connectivity index (χ0) is 14.3. The van der Waals surface area contributed by atoms with Crippen molar-refractivity contribution in [2.45, 2.75) is 12.5 Å². The van der Waals surface area contributed by atoms with Gasteiger partial charge in [-0.25, -0.2) is 13.5 Å². The van der Waals surface area contributed by atoms with E-state index in [-0.39, 0.29) is 17.3 Å². The fourth-order valence-corrected chi connectivity index (χ4v) is 2.30. The van der Waals surface area contributed by atoms with E-state index in [0.717, 1.165) is 0 Å². The highest BCUT2D eigenvalue weighted by Crippen LogP contribution is 2.31. The summed E-state index contributed by atoms with van der Waals surface area (Å²) in [4.78, 5) is 15.0. The summed E-state index contributed by atoms with van der Waals surface area (Å²) in [6, 6.07) is 3.01. The minimum absolute atomic E-state index is 0.0869. The van der Waals surface area contributed by atoms with Gasteiger partial charge >= 0.3 is 0 Å². The summed E-state index contributed by atoms with van der Waals surface area (Å²) in [5, 5.41) is 6.84. The molecule has 0 spiro atoms. The number of nitrogens with two attached hydrogens (primary N) is 1. The highest BCUT2D eigenvalue weighted by Gasteiger charge is 2.29. The first-order chi connectivity index (χ1) is 9.58. The Bertz CT molecular complexity index is 664. The average Bonchev–Trinajstić information content (AvgIpc) is 2.83. The molecule has 0 fully saturated rings. The van der Waals surface area contributed by atoms with Gasteiger partial charge in [0.25, 0.3) is 5.91 Å². The lowest BCUT2D eigenvalue weighted by Gasteiger charge is -2.25.